The number of esters is 1. The summed E-state index contributed by atoms with van der Waals surface area (Å²) < 4.78 is 12.5. The Hall–Kier alpha value is -3.05. The summed E-state index contributed by atoms with van der Waals surface area (Å²) in [7, 11) is 0. The van der Waals surface area contributed by atoms with Gasteiger partial charge < -0.3 is 14.0 Å². The zero-order valence-corrected chi connectivity index (χ0v) is 17.3. The van der Waals surface area contributed by atoms with E-state index < -0.39 is 5.97 Å². The van der Waals surface area contributed by atoms with Crippen LogP contribution in [-0.4, -0.2) is 29.5 Å². The van der Waals surface area contributed by atoms with Crippen LogP contribution in [0.15, 0.2) is 54.6 Å². The lowest BCUT2D eigenvalue weighted by molar-refractivity contribution is -0.144. The van der Waals surface area contributed by atoms with Crippen molar-refractivity contribution in [1.82, 2.24) is 4.57 Å². The summed E-state index contributed by atoms with van der Waals surface area (Å²) in [5.74, 6) is -0.347. The molecule has 0 aliphatic carbocycles. The van der Waals surface area contributed by atoms with Gasteiger partial charge in [0.15, 0.2) is 13.2 Å². The van der Waals surface area contributed by atoms with Crippen LogP contribution in [0.25, 0.3) is 5.69 Å². The first-order valence-corrected chi connectivity index (χ1v) is 9.56. The van der Waals surface area contributed by atoms with Gasteiger partial charge in [-0.05, 0) is 62.7 Å². The fraction of sp³-hybridized carbons (Fsp3) is 0.217. The van der Waals surface area contributed by atoms with Gasteiger partial charge in [-0.2, -0.15) is 0 Å². The average molecular weight is 412 g/mol. The second-order valence-electron chi connectivity index (χ2n) is 6.74. The van der Waals surface area contributed by atoms with Crippen molar-refractivity contribution in [3.63, 3.8) is 0 Å². The molecule has 29 heavy (non-hydrogen) atoms. The van der Waals surface area contributed by atoms with E-state index in [-0.39, 0.29) is 19.0 Å². The van der Waals surface area contributed by atoms with E-state index in [2.05, 4.69) is 0 Å². The highest BCUT2D eigenvalue weighted by atomic mass is 35.5. The second kappa shape index (κ2) is 8.97. The first-order valence-electron chi connectivity index (χ1n) is 9.19. The standard InChI is InChI=1S/C23H22ClNO4/c1-15-11-19(9-10-21(15)24)28-14-23(27)29-13-22(26)20-12-16(2)25(17(20)3)18-7-5-4-6-8-18/h4-12H,13-14H2,1-3H3. The molecule has 0 aliphatic heterocycles. The van der Waals surface area contributed by atoms with E-state index in [0.717, 1.165) is 22.6 Å². The highest BCUT2D eigenvalue weighted by molar-refractivity contribution is 6.31. The summed E-state index contributed by atoms with van der Waals surface area (Å²) in [6.45, 7) is 5.04. The van der Waals surface area contributed by atoms with Gasteiger partial charge in [-0.1, -0.05) is 29.8 Å². The van der Waals surface area contributed by atoms with Crippen LogP contribution in [0.1, 0.15) is 27.3 Å². The van der Waals surface area contributed by atoms with Crippen LogP contribution in [0.4, 0.5) is 0 Å². The maximum atomic E-state index is 12.6. The van der Waals surface area contributed by atoms with E-state index >= 15 is 0 Å². The number of nitrogens with zero attached hydrogens (tertiary/aromatic N) is 1. The van der Waals surface area contributed by atoms with Gasteiger partial charge in [0.05, 0.1) is 0 Å². The summed E-state index contributed by atoms with van der Waals surface area (Å²) in [5, 5.41) is 0.624. The number of hydrogen-bond donors (Lipinski definition) is 0. The van der Waals surface area contributed by atoms with Gasteiger partial charge in [0.25, 0.3) is 0 Å². The van der Waals surface area contributed by atoms with E-state index in [1.54, 1.807) is 18.2 Å². The first-order chi connectivity index (χ1) is 13.9. The van der Waals surface area contributed by atoms with Crippen molar-refractivity contribution < 1.29 is 19.1 Å². The van der Waals surface area contributed by atoms with Gasteiger partial charge in [-0.15, -0.1) is 0 Å². The summed E-state index contributed by atoms with van der Waals surface area (Å²) in [6, 6.07) is 16.7. The predicted molar refractivity (Wildman–Crippen MR) is 112 cm³/mol. The van der Waals surface area contributed by atoms with Gasteiger partial charge in [0.2, 0.25) is 5.78 Å². The maximum absolute atomic E-state index is 12.6. The molecule has 0 amide bonds. The summed E-state index contributed by atoms with van der Waals surface area (Å²) >= 11 is 5.96. The Kier molecular flexibility index (Phi) is 6.39. The number of ether oxygens (including phenoxy) is 2. The molecule has 0 N–H and O–H groups in total. The van der Waals surface area contributed by atoms with Gasteiger partial charge >= 0.3 is 5.97 Å². The summed E-state index contributed by atoms with van der Waals surface area (Å²) in [4.78, 5) is 24.5. The predicted octanol–water partition coefficient (Wildman–Crippen LogP) is 4.86. The SMILES string of the molecule is Cc1cc(OCC(=O)OCC(=O)c2cc(C)n(-c3ccccc3)c2C)ccc1Cl. The van der Waals surface area contributed by atoms with E-state index in [0.29, 0.717) is 16.3 Å². The third-order valence-corrected chi connectivity index (χ3v) is 5.02. The van der Waals surface area contributed by atoms with E-state index in [9.17, 15) is 9.59 Å². The number of benzene rings is 2. The molecule has 0 aliphatic rings. The summed E-state index contributed by atoms with van der Waals surface area (Å²) in [6.07, 6.45) is 0. The Morgan fingerprint density at radius 2 is 1.69 bits per heavy atom. The van der Waals surface area contributed by atoms with Gasteiger partial charge in [0, 0.05) is 27.7 Å². The number of hydrogen-bond acceptors (Lipinski definition) is 4. The molecular formula is C23H22ClNO4. The molecule has 6 heteroatoms. The Bertz CT molecular complexity index is 1040. The minimum absolute atomic E-state index is 0.254. The Labute approximate surface area is 174 Å². The van der Waals surface area contributed by atoms with E-state index in [4.69, 9.17) is 21.1 Å². The summed E-state index contributed by atoms with van der Waals surface area (Å²) in [5.41, 5.74) is 4.10. The van der Waals surface area contributed by atoms with Crippen molar-refractivity contribution in [3.8, 4) is 11.4 Å². The third-order valence-electron chi connectivity index (χ3n) is 4.60. The molecule has 0 spiro atoms. The van der Waals surface area contributed by atoms with Crippen molar-refractivity contribution in [2.24, 2.45) is 0 Å². The fourth-order valence-corrected chi connectivity index (χ4v) is 3.25. The second-order valence-corrected chi connectivity index (χ2v) is 7.15. The lowest BCUT2D eigenvalue weighted by Crippen LogP contribution is -2.19. The van der Waals surface area contributed by atoms with Crippen LogP contribution in [0.5, 0.6) is 5.75 Å². The van der Waals surface area contributed by atoms with Crippen LogP contribution < -0.4 is 4.74 Å². The maximum Gasteiger partial charge on any atom is 0.344 e. The number of carbonyl (C=O) groups excluding carboxylic acids is 2. The number of Topliss-reactive ketones (excluding diaryl/α,β-unsaturated/α-hetero) is 1. The molecule has 0 fully saturated rings. The molecule has 150 valence electrons. The van der Waals surface area contributed by atoms with Crippen LogP contribution in [0.2, 0.25) is 5.02 Å². The lowest BCUT2D eigenvalue weighted by Gasteiger charge is -2.10. The number of halogens is 1. The van der Waals surface area contributed by atoms with Crippen molar-refractivity contribution in [2.75, 3.05) is 13.2 Å². The molecule has 3 rings (SSSR count). The molecule has 0 saturated heterocycles. The molecule has 1 aromatic heterocycles. The smallest absolute Gasteiger partial charge is 0.344 e. The monoisotopic (exact) mass is 411 g/mol. The molecule has 0 saturated carbocycles. The molecule has 0 atom stereocenters. The van der Waals surface area contributed by atoms with Gasteiger partial charge in [-0.3, -0.25) is 4.79 Å². The normalized spacial score (nSPS) is 10.6. The quantitative estimate of drug-likeness (QED) is 0.411. The average Bonchev–Trinajstić information content (AvgIpc) is 3.01. The number of carbonyl (C=O) groups is 2. The van der Waals surface area contributed by atoms with Gasteiger partial charge in [-0.25, -0.2) is 4.79 Å². The zero-order valence-electron chi connectivity index (χ0n) is 16.6. The molecule has 3 aromatic rings. The number of para-hydroxylation sites is 1. The van der Waals surface area contributed by atoms with Crippen molar-refractivity contribution in [3.05, 3.63) is 82.1 Å². The molecule has 2 aromatic carbocycles. The van der Waals surface area contributed by atoms with Crippen molar-refractivity contribution in [2.45, 2.75) is 20.8 Å². The first kappa shape index (κ1) is 20.7. The van der Waals surface area contributed by atoms with Crippen molar-refractivity contribution >= 4 is 23.4 Å². The molecule has 0 unspecified atom stereocenters. The van der Waals surface area contributed by atoms with Crippen LogP contribution in [-0.2, 0) is 9.53 Å². The zero-order chi connectivity index (χ0) is 21.0. The number of aromatic nitrogens is 1. The minimum Gasteiger partial charge on any atom is -0.482 e. The van der Waals surface area contributed by atoms with Gasteiger partial charge in [0.1, 0.15) is 5.75 Å². The van der Waals surface area contributed by atoms with Crippen LogP contribution >= 0.6 is 11.6 Å². The molecular weight excluding hydrogens is 390 g/mol. The third kappa shape index (κ3) is 4.87. The van der Waals surface area contributed by atoms with E-state index in [1.807, 2.05) is 61.7 Å². The molecule has 0 radical (unpaired) electrons. The van der Waals surface area contributed by atoms with Crippen molar-refractivity contribution in [1.29, 1.82) is 0 Å². The Balaban J connectivity index is 1.59. The Morgan fingerprint density at radius 3 is 2.38 bits per heavy atom. The topological polar surface area (TPSA) is 57.5 Å². The highest BCUT2D eigenvalue weighted by Crippen LogP contribution is 2.22. The number of rotatable bonds is 7. The minimum atomic E-state index is -0.608. The van der Waals surface area contributed by atoms with Crippen LogP contribution in [0.3, 0.4) is 0 Å². The Morgan fingerprint density at radius 1 is 0.966 bits per heavy atom. The van der Waals surface area contributed by atoms with E-state index in [1.165, 1.54) is 0 Å². The molecule has 5 nitrogen and oxygen atoms in total. The number of aryl methyl sites for hydroxylation is 2. The largest absolute Gasteiger partial charge is 0.482 e. The lowest BCUT2D eigenvalue weighted by atomic mass is 10.1. The molecule has 1 heterocycles. The van der Waals surface area contributed by atoms with Crippen LogP contribution in [0, 0.1) is 20.8 Å². The fourth-order valence-electron chi connectivity index (χ4n) is 3.13. The number of ketones is 1. The molecule has 0 bridgehead atoms. The highest BCUT2D eigenvalue weighted by Gasteiger charge is 2.18.